The summed E-state index contributed by atoms with van der Waals surface area (Å²) in [5.74, 6) is 0.149. The number of nitrogens with two attached hydrogens (primary N) is 1. The number of unbranched alkanes of at least 4 members (excludes halogenated alkanes) is 2. The molecule has 0 spiro atoms. The van der Waals surface area contributed by atoms with Crippen LogP contribution in [0.2, 0.25) is 0 Å². The average Bonchev–Trinajstić information content (AvgIpc) is 2.98. The van der Waals surface area contributed by atoms with Gasteiger partial charge in [-0.15, -0.1) is 0 Å². The largest absolute Gasteiger partial charge is 0.472 e. The van der Waals surface area contributed by atoms with Gasteiger partial charge in [-0.05, 0) is 25.3 Å². The smallest absolute Gasteiger partial charge is 0.383 e. The van der Waals surface area contributed by atoms with Gasteiger partial charge in [-0.25, -0.2) is 9.36 Å². The molecule has 1 aliphatic heterocycles. The minimum atomic E-state index is -4.07. The highest BCUT2D eigenvalue weighted by atomic mass is 31.2. The molecule has 0 saturated carbocycles. The van der Waals surface area contributed by atoms with Crippen molar-refractivity contribution in [2.45, 2.75) is 51.4 Å². The Morgan fingerprint density at radius 1 is 1.46 bits per heavy atom. The number of ether oxygens (including phenoxy) is 1. The first-order valence-corrected chi connectivity index (χ1v) is 9.53. The van der Waals surface area contributed by atoms with E-state index in [1.54, 1.807) is 0 Å². The summed E-state index contributed by atoms with van der Waals surface area (Å²) in [6, 6.07) is 1.51. The van der Waals surface area contributed by atoms with E-state index in [1.807, 2.05) is 6.92 Å². The summed E-state index contributed by atoms with van der Waals surface area (Å²) in [5.41, 5.74) is 4.96. The highest BCUT2D eigenvalue weighted by Crippen LogP contribution is 2.44. The number of hydrogen-bond acceptors (Lipinski definition) is 7. The molecule has 2 heterocycles. The number of nitrogens with zero attached hydrogens (tertiary/aromatic N) is 2. The number of anilines is 1. The third kappa shape index (κ3) is 5.68. The Kier molecular flexibility index (Phi) is 6.94. The summed E-state index contributed by atoms with van der Waals surface area (Å²) in [5, 5.41) is 0. The van der Waals surface area contributed by atoms with Crippen molar-refractivity contribution in [2.24, 2.45) is 0 Å². The van der Waals surface area contributed by atoms with Crippen LogP contribution in [0.15, 0.2) is 17.1 Å². The third-order valence-corrected chi connectivity index (χ3v) is 4.66. The van der Waals surface area contributed by atoms with Crippen molar-refractivity contribution in [3.05, 3.63) is 22.7 Å². The first kappa shape index (κ1) is 19.1. The summed E-state index contributed by atoms with van der Waals surface area (Å²) in [6.07, 6.45) is 4.45. The number of nitrogen functional groups attached to an aromatic ring is 1. The summed E-state index contributed by atoms with van der Waals surface area (Å²) < 4.78 is 28.6. The van der Waals surface area contributed by atoms with Crippen LogP contribution in [-0.2, 0) is 18.3 Å². The zero-order valence-electron chi connectivity index (χ0n) is 13.7. The summed E-state index contributed by atoms with van der Waals surface area (Å²) in [6.45, 7) is 2.14. The Bertz CT molecular complexity index is 637. The Morgan fingerprint density at radius 2 is 2.25 bits per heavy atom. The second-order valence-electron chi connectivity index (χ2n) is 5.64. The van der Waals surface area contributed by atoms with Crippen molar-refractivity contribution in [3.8, 4) is 0 Å². The van der Waals surface area contributed by atoms with Gasteiger partial charge in [0.1, 0.15) is 12.0 Å². The molecule has 0 amide bonds. The fourth-order valence-electron chi connectivity index (χ4n) is 2.41. The molecular formula is C14H24N3O6P. The lowest BCUT2D eigenvalue weighted by Crippen LogP contribution is -2.27. The van der Waals surface area contributed by atoms with E-state index >= 15 is 0 Å². The number of aromatic nitrogens is 2. The van der Waals surface area contributed by atoms with E-state index in [-0.39, 0.29) is 25.1 Å². The first-order chi connectivity index (χ1) is 11.4. The fourth-order valence-corrected chi connectivity index (χ4v) is 3.19. The maximum Gasteiger partial charge on any atom is 0.472 e. The topological polar surface area (TPSA) is 126 Å². The highest BCUT2D eigenvalue weighted by Gasteiger charge is 2.30. The van der Waals surface area contributed by atoms with Crippen LogP contribution in [0.3, 0.4) is 0 Å². The molecule has 10 heteroatoms. The summed E-state index contributed by atoms with van der Waals surface area (Å²) in [7, 11) is -4.07. The van der Waals surface area contributed by atoms with Gasteiger partial charge in [0.15, 0.2) is 0 Å². The third-order valence-electron chi connectivity index (χ3n) is 3.67. The van der Waals surface area contributed by atoms with Crippen molar-refractivity contribution >= 4 is 13.6 Å². The molecule has 0 aromatic carbocycles. The van der Waals surface area contributed by atoms with E-state index in [0.717, 1.165) is 12.8 Å². The standard InChI is InChI=1S/C14H24N3O6P/c1-2-3-4-9-21-24(19,20)22-10-11-5-6-13(23-11)17-8-7-12(15)16-14(17)18/h7-8,11,13H,2-6,9-10H2,1H3,(H,19,20)(H2,15,16,18)/t11-,13+/m0/s1. The monoisotopic (exact) mass is 361 g/mol. The lowest BCUT2D eigenvalue weighted by Gasteiger charge is -2.17. The van der Waals surface area contributed by atoms with Crippen LogP contribution in [-0.4, -0.2) is 33.8 Å². The molecular weight excluding hydrogens is 337 g/mol. The molecule has 1 aromatic heterocycles. The fraction of sp³-hybridized carbons (Fsp3) is 0.714. The van der Waals surface area contributed by atoms with E-state index in [9.17, 15) is 14.3 Å². The molecule has 136 valence electrons. The minimum Gasteiger partial charge on any atom is -0.383 e. The van der Waals surface area contributed by atoms with Gasteiger partial charge in [0, 0.05) is 6.20 Å². The van der Waals surface area contributed by atoms with Crippen molar-refractivity contribution in [2.75, 3.05) is 18.9 Å². The molecule has 1 aromatic rings. The van der Waals surface area contributed by atoms with Crippen LogP contribution < -0.4 is 11.4 Å². The molecule has 1 unspecified atom stereocenters. The number of hydrogen-bond donors (Lipinski definition) is 2. The Hall–Kier alpha value is -1.25. The van der Waals surface area contributed by atoms with Gasteiger partial charge in [-0.2, -0.15) is 4.98 Å². The zero-order valence-corrected chi connectivity index (χ0v) is 14.6. The van der Waals surface area contributed by atoms with Gasteiger partial charge in [-0.3, -0.25) is 13.6 Å². The van der Waals surface area contributed by atoms with Crippen molar-refractivity contribution in [1.82, 2.24) is 9.55 Å². The SMILES string of the molecule is CCCCCOP(=O)(O)OC[C@@H]1CC[C@H](n2ccc(N)nc2=O)O1. The molecule has 1 saturated heterocycles. The molecule has 0 bridgehead atoms. The van der Waals surface area contributed by atoms with Crippen molar-refractivity contribution in [1.29, 1.82) is 0 Å². The van der Waals surface area contributed by atoms with Gasteiger partial charge < -0.3 is 15.4 Å². The van der Waals surface area contributed by atoms with Crippen LogP contribution >= 0.6 is 7.82 Å². The summed E-state index contributed by atoms with van der Waals surface area (Å²) in [4.78, 5) is 25.0. The molecule has 9 nitrogen and oxygen atoms in total. The lowest BCUT2D eigenvalue weighted by molar-refractivity contribution is -0.0259. The normalized spacial score (nSPS) is 23.2. The predicted octanol–water partition coefficient (Wildman–Crippen LogP) is 1.83. The maximum absolute atomic E-state index is 11.8. The van der Waals surface area contributed by atoms with Crippen molar-refractivity contribution in [3.63, 3.8) is 0 Å². The maximum atomic E-state index is 11.8. The van der Waals surface area contributed by atoms with Crippen LogP contribution in [0.1, 0.15) is 45.3 Å². The Labute approximate surface area is 140 Å². The van der Waals surface area contributed by atoms with Gasteiger partial charge in [0.25, 0.3) is 0 Å². The first-order valence-electron chi connectivity index (χ1n) is 8.03. The molecule has 1 fully saturated rings. The van der Waals surface area contributed by atoms with E-state index in [4.69, 9.17) is 19.5 Å². The molecule has 0 aliphatic carbocycles. The van der Waals surface area contributed by atoms with Gasteiger partial charge in [0.2, 0.25) is 0 Å². The zero-order chi connectivity index (χ0) is 17.6. The molecule has 1 aliphatic rings. The summed E-state index contributed by atoms with van der Waals surface area (Å²) >= 11 is 0. The number of phosphoric ester groups is 1. The van der Waals surface area contributed by atoms with Gasteiger partial charge in [-0.1, -0.05) is 19.8 Å². The predicted molar refractivity (Wildman–Crippen MR) is 87.3 cm³/mol. The molecule has 24 heavy (non-hydrogen) atoms. The lowest BCUT2D eigenvalue weighted by atomic mass is 10.2. The second-order valence-corrected chi connectivity index (χ2v) is 7.09. The van der Waals surface area contributed by atoms with Crippen LogP contribution in [0.25, 0.3) is 0 Å². The van der Waals surface area contributed by atoms with Crippen LogP contribution in [0, 0.1) is 0 Å². The number of phosphoric acid groups is 1. The number of rotatable bonds is 9. The minimum absolute atomic E-state index is 0.0742. The van der Waals surface area contributed by atoms with Crippen LogP contribution in [0.5, 0.6) is 0 Å². The quantitative estimate of drug-likeness (QED) is 0.504. The van der Waals surface area contributed by atoms with Crippen LogP contribution in [0.4, 0.5) is 5.82 Å². The Balaban J connectivity index is 1.79. The molecule has 3 atom stereocenters. The van der Waals surface area contributed by atoms with Gasteiger partial charge in [0.05, 0.1) is 19.3 Å². The molecule has 0 radical (unpaired) electrons. The Morgan fingerprint density at radius 3 is 2.96 bits per heavy atom. The van der Waals surface area contributed by atoms with E-state index in [2.05, 4.69) is 4.98 Å². The molecule has 3 N–H and O–H groups in total. The van der Waals surface area contributed by atoms with E-state index in [0.29, 0.717) is 19.3 Å². The molecule has 2 rings (SSSR count). The van der Waals surface area contributed by atoms with Crippen molar-refractivity contribution < 1.29 is 23.2 Å². The van der Waals surface area contributed by atoms with E-state index in [1.165, 1.54) is 16.8 Å². The second kappa shape index (κ2) is 8.73. The van der Waals surface area contributed by atoms with Gasteiger partial charge >= 0.3 is 13.5 Å². The van der Waals surface area contributed by atoms with E-state index < -0.39 is 19.7 Å². The average molecular weight is 361 g/mol. The highest BCUT2D eigenvalue weighted by molar-refractivity contribution is 7.47.